The molecule has 4 heteroatoms. The number of rotatable bonds is 4. The van der Waals surface area contributed by atoms with Gasteiger partial charge >= 0.3 is 0 Å². The highest BCUT2D eigenvalue weighted by Crippen LogP contribution is 2.36. The van der Waals surface area contributed by atoms with Gasteiger partial charge in [0.15, 0.2) is 0 Å². The van der Waals surface area contributed by atoms with E-state index in [0.29, 0.717) is 18.0 Å². The summed E-state index contributed by atoms with van der Waals surface area (Å²) in [6.07, 6.45) is 1.28. The SMILES string of the molecule is CCC1CN(CC(F)F)C(C2CC2)CN1. The summed E-state index contributed by atoms with van der Waals surface area (Å²) in [5.41, 5.74) is 0. The maximum Gasteiger partial charge on any atom is 0.251 e. The standard InChI is InChI=1S/C11H20F2N2/c1-2-9-6-15(7-11(12)13)10(5-14-9)8-3-4-8/h8-11,14H,2-7H2,1H3. The summed E-state index contributed by atoms with van der Waals surface area (Å²) < 4.78 is 24.9. The number of halogens is 2. The molecule has 1 heterocycles. The molecule has 2 atom stereocenters. The molecule has 0 radical (unpaired) electrons. The first-order valence-electron chi connectivity index (χ1n) is 5.96. The summed E-state index contributed by atoms with van der Waals surface area (Å²) >= 11 is 0. The zero-order valence-corrected chi connectivity index (χ0v) is 9.26. The topological polar surface area (TPSA) is 15.3 Å². The van der Waals surface area contributed by atoms with Crippen LogP contribution in [0.3, 0.4) is 0 Å². The van der Waals surface area contributed by atoms with Crippen LogP contribution in [0.2, 0.25) is 0 Å². The van der Waals surface area contributed by atoms with E-state index in [1.165, 1.54) is 12.8 Å². The number of hydrogen-bond donors (Lipinski definition) is 1. The van der Waals surface area contributed by atoms with E-state index in [9.17, 15) is 8.78 Å². The van der Waals surface area contributed by atoms with Crippen molar-refractivity contribution in [2.24, 2.45) is 5.92 Å². The van der Waals surface area contributed by atoms with Crippen LogP contribution >= 0.6 is 0 Å². The fraction of sp³-hybridized carbons (Fsp3) is 1.00. The summed E-state index contributed by atoms with van der Waals surface area (Å²) in [5.74, 6) is 0.675. The molecule has 1 aliphatic heterocycles. The molecule has 0 aromatic rings. The lowest BCUT2D eigenvalue weighted by molar-refractivity contribution is 0.0358. The molecule has 0 bridgehead atoms. The van der Waals surface area contributed by atoms with Crippen molar-refractivity contribution in [1.29, 1.82) is 0 Å². The Morgan fingerprint density at radius 3 is 2.67 bits per heavy atom. The lowest BCUT2D eigenvalue weighted by atomic mass is 10.0. The number of nitrogens with one attached hydrogen (secondary N) is 1. The Bertz CT molecular complexity index is 207. The average Bonchev–Trinajstić information content (AvgIpc) is 3.00. The van der Waals surface area contributed by atoms with Crippen LogP contribution in [-0.4, -0.2) is 43.0 Å². The summed E-state index contributed by atoms with van der Waals surface area (Å²) in [6, 6.07) is 0.764. The van der Waals surface area contributed by atoms with E-state index in [1.807, 2.05) is 4.90 Å². The van der Waals surface area contributed by atoms with Crippen molar-refractivity contribution in [1.82, 2.24) is 10.2 Å². The minimum Gasteiger partial charge on any atom is -0.311 e. The fourth-order valence-electron chi connectivity index (χ4n) is 2.51. The van der Waals surface area contributed by atoms with E-state index in [4.69, 9.17) is 0 Å². The van der Waals surface area contributed by atoms with Gasteiger partial charge in [0.25, 0.3) is 6.43 Å². The summed E-state index contributed by atoms with van der Waals surface area (Å²) in [4.78, 5) is 2.01. The highest BCUT2D eigenvalue weighted by molar-refractivity contribution is 4.94. The second-order valence-electron chi connectivity index (χ2n) is 4.76. The Hall–Kier alpha value is -0.220. The van der Waals surface area contributed by atoms with Crippen molar-refractivity contribution in [2.45, 2.75) is 44.7 Å². The quantitative estimate of drug-likeness (QED) is 0.773. The van der Waals surface area contributed by atoms with Crippen LogP contribution < -0.4 is 5.32 Å². The maximum absolute atomic E-state index is 12.4. The molecule has 0 spiro atoms. The van der Waals surface area contributed by atoms with Crippen molar-refractivity contribution in [3.8, 4) is 0 Å². The molecule has 0 aromatic carbocycles. The lowest BCUT2D eigenvalue weighted by Gasteiger charge is -2.40. The van der Waals surface area contributed by atoms with E-state index in [1.54, 1.807) is 0 Å². The van der Waals surface area contributed by atoms with Gasteiger partial charge in [-0.2, -0.15) is 0 Å². The van der Waals surface area contributed by atoms with Crippen LogP contribution in [0, 0.1) is 5.92 Å². The lowest BCUT2D eigenvalue weighted by Crippen LogP contribution is -2.58. The van der Waals surface area contributed by atoms with Gasteiger partial charge in [-0.15, -0.1) is 0 Å². The van der Waals surface area contributed by atoms with Crippen molar-refractivity contribution >= 4 is 0 Å². The second-order valence-corrected chi connectivity index (χ2v) is 4.76. The summed E-state index contributed by atoms with van der Waals surface area (Å²) in [7, 11) is 0. The predicted molar refractivity (Wildman–Crippen MR) is 56.2 cm³/mol. The monoisotopic (exact) mass is 218 g/mol. The largest absolute Gasteiger partial charge is 0.311 e. The third kappa shape index (κ3) is 2.88. The van der Waals surface area contributed by atoms with E-state index < -0.39 is 6.43 Å². The molecule has 2 fully saturated rings. The van der Waals surface area contributed by atoms with Crippen LogP contribution in [0.1, 0.15) is 26.2 Å². The number of alkyl halides is 2. The smallest absolute Gasteiger partial charge is 0.251 e. The molecule has 0 amide bonds. The number of hydrogen-bond acceptors (Lipinski definition) is 2. The van der Waals surface area contributed by atoms with Crippen LogP contribution in [0.15, 0.2) is 0 Å². The first-order chi connectivity index (χ1) is 7.20. The van der Waals surface area contributed by atoms with Gasteiger partial charge in [0, 0.05) is 25.2 Å². The van der Waals surface area contributed by atoms with Crippen molar-refractivity contribution in [3.05, 3.63) is 0 Å². The second kappa shape index (κ2) is 4.74. The van der Waals surface area contributed by atoms with Crippen molar-refractivity contribution in [3.63, 3.8) is 0 Å². The first kappa shape index (κ1) is 11.3. The average molecular weight is 218 g/mol. The third-order valence-electron chi connectivity index (χ3n) is 3.57. The van der Waals surface area contributed by atoms with Gasteiger partial charge in [-0.3, -0.25) is 4.90 Å². The van der Waals surface area contributed by atoms with Crippen LogP contribution in [0.4, 0.5) is 8.78 Å². The minimum atomic E-state index is -2.19. The Kier molecular flexibility index (Phi) is 3.57. The molecular weight excluding hydrogens is 198 g/mol. The molecule has 1 aliphatic carbocycles. The molecule has 88 valence electrons. The molecule has 0 aromatic heterocycles. The predicted octanol–water partition coefficient (Wildman–Crippen LogP) is 1.71. The van der Waals surface area contributed by atoms with Crippen molar-refractivity contribution < 1.29 is 8.78 Å². The number of nitrogens with zero attached hydrogens (tertiary/aromatic N) is 1. The molecule has 2 nitrogen and oxygen atoms in total. The van der Waals surface area contributed by atoms with Gasteiger partial charge in [-0.25, -0.2) is 8.78 Å². The highest BCUT2D eigenvalue weighted by Gasteiger charge is 2.39. The van der Waals surface area contributed by atoms with E-state index >= 15 is 0 Å². The molecule has 15 heavy (non-hydrogen) atoms. The molecule has 1 N–H and O–H groups in total. The zero-order chi connectivity index (χ0) is 10.8. The van der Waals surface area contributed by atoms with Gasteiger partial charge in [-0.05, 0) is 25.2 Å². The van der Waals surface area contributed by atoms with Gasteiger partial charge in [0.05, 0.1) is 6.54 Å². The Balaban J connectivity index is 1.92. The summed E-state index contributed by atoms with van der Waals surface area (Å²) in [6.45, 7) is 3.76. The Morgan fingerprint density at radius 2 is 2.13 bits per heavy atom. The number of piperazine rings is 1. The molecule has 1 saturated carbocycles. The Labute approximate surface area is 90.0 Å². The molecule has 2 unspecified atom stereocenters. The van der Waals surface area contributed by atoms with Gasteiger partial charge in [0.2, 0.25) is 0 Å². The van der Waals surface area contributed by atoms with Crippen LogP contribution in [-0.2, 0) is 0 Å². The molecule has 2 aliphatic rings. The van der Waals surface area contributed by atoms with Gasteiger partial charge in [-0.1, -0.05) is 6.92 Å². The van der Waals surface area contributed by atoms with Crippen LogP contribution in [0.5, 0.6) is 0 Å². The van der Waals surface area contributed by atoms with E-state index in [2.05, 4.69) is 12.2 Å². The zero-order valence-electron chi connectivity index (χ0n) is 9.26. The minimum absolute atomic E-state index is 0.0423. The molecule has 1 saturated heterocycles. The third-order valence-corrected chi connectivity index (χ3v) is 3.57. The Morgan fingerprint density at radius 1 is 1.40 bits per heavy atom. The fourth-order valence-corrected chi connectivity index (χ4v) is 2.51. The normalized spacial score (nSPS) is 33.6. The first-order valence-corrected chi connectivity index (χ1v) is 5.96. The summed E-state index contributed by atoms with van der Waals surface area (Å²) in [5, 5.41) is 3.46. The maximum atomic E-state index is 12.4. The van der Waals surface area contributed by atoms with Gasteiger partial charge < -0.3 is 5.32 Å². The van der Waals surface area contributed by atoms with Gasteiger partial charge in [0.1, 0.15) is 0 Å². The van der Waals surface area contributed by atoms with Crippen LogP contribution in [0.25, 0.3) is 0 Å². The molecule has 2 rings (SSSR count). The highest BCUT2D eigenvalue weighted by atomic mass is 19.3. The van der Waals surface area contributed by atoms with Crippen molar-refractivity contribution in [2.75, 3.05) is 19.6 Å². The van der Waals surface area contributed by atoms with E-state index in [0.717, 1.165) is 19.5 Å². The van der Waals surface area contributed by atoms with E-state index in [-0.39, 0.29) is 6.54 Å². The molecular formula is C11H20F2N2.